The van der Waals surface area contributed by atoms with Crippen LogP contribution in [0.25, 0.3) is 0 Å². The van der Waals surface area contributed by atoms with Crippen molar-refractivity contribution in [3.8, 4) is 5.75 Å². The predicted molar refractivity (Wildman–Crippen MR) is 100 cm³/mol. The maximum atomic E-state index is 14.4. The number of amides is 3. The molecule has 27 heavy (non-hydrogen) atoms. The number of anilines is 1. The molecule has 3 N–H and O–H groups in total. The standard InChI is InChI=1S/C19H17ClFN3O3/c1-10-15(18(25)23-13-8-3-4-9-14(13)27-2)17(24-19(26)22-10)16-11(20)6-5-7-12(16)21/h3-9,15,17H,1H2,2H3,(H,23,25)(H2,22,24,26)/t15-,17-/m0/s1. The molecule has 2 atom stereocenters. The first-order valence-electron chi connectivity index (χ1n) is 8.06. The number of carbonyl (C=O) groups excluding carboxylic acids is 2. The SMILES string of the molecule is C=C1NC(=O)N[C@H](c2c(F)cccc2Cl)[C@H]1C(=O)Nc1ccccc1OC. The Bertz CT molecular complexity index is 899. The fourth-order valence-corrected chi connectivity index (χ4v) is 3.28. The minimum absolute atomic E-state index is 0.0235. The molecule has 0 radical (unpaired) electrons. The van der Waals surface area contributed by atoms with Gasteiger partial charge in [0.05, 0.1) is 18.8 Å². The molecule has 1 aliphatic rings. The van der Waals surface area contributed by atoms with Gasteiger partial charge >= 0.3 is 6.03 Å². The molecule has 0 aromatic heterocycles. The van der Waals surface area contributed by atoms with Crippen LogP contribution < -0.4 is 20.7 Å². The number of hydrogen-bond donors (Lipinski definition) is 3. The number of nitrogens with one attached hydrogen (secondary N) is 3. The zero-order valence-electron chi connectivity index (χ0n) is 14.4. The molecule has 0 aliphatic carbocycles. The lowest BCUT2D eigenvalue weighted by molar-refractivity contribution is -0.119. The highest BCUT2D eigenvalue weighted by Gasteiger charge is 2.40. The second-order valence-electron chi connectivity index (χ2n) is 5.90. The van der Waals surface area contributed by atoms with E-state index in [0.717, 1.165) is 0 Å². The van der Waals surface area contributed by atoms with Gasteiger partial charge in [-0.3, -0.25) is 4.79 Å². The maximum Gasteiger partial charge on any atom is 0.319 e. The summed E-state index contributed by atoms with van der Waals surface area (Å²) in [4.78, 5) is 24.9. The lowest BCUT2D eigenvalue weighted by Crippen LogP contribution is -2.52. The van der Waals surface area contributed by atoms with Crippen molar-refractivity contribution >= 4 is 29.2 Å². The van der Waals surface area contributed by atoms with Gasteiger partial charge in [-0.15, -0.1) is 0 Å². The zero-order chi connectivity index (χ0) is 19.6. The summed E-state index contributed by atoms with van der Waals surface area (Å²) in [7, 11) is 1.48. The third-order valence-corrected chi connectivity index (χ3v) is 4.56. The highest BCUT2D eigenvalue weighted by Crippen LogP contribution is 2.36. The molecule has 1 fully saturated rings. The summed E-state index contributed by atoms with van der Waals surface area (Å²) in [6.07, 6.45) is 0. The second kappa shape index (κ2) is 7.67. The number of para-hydroxylation sites is 2. The van der Waals surface area contributed by atoms with Crippen LogP contribution in [0.2, 0.25) is 5.02 Å². The number of methoxy groups -OCH3 is 1. The van der Waals surface area contributed by atoms with Crippen molar-refractivity contribution in [2.24, 2.45) is 5.92 Å². The van der Waals surface area contributed by atoms with Gasteiger partial charge in [-0.05, 0) is 24.3 Å². The Morgan fingerprint density at radius 1 is 1.26 bits per heavy atom. The molecular formula is C19H17ClFN3O3. The molecule has 0 bridgehead atoms. The lowest BCUT2D eigenvalue weighted by atomic mass is 9.87. The average Bonchev–Trinajstić information content (AvgIpc) is 2.61. The summed E-state index contributed by atoms with van der Waals surface area (Å²) in [6.45, 7) is 3.76. The van der Waals surface area contributed by atoms with Crippen LogP contribution in [-0.2, 0) is 4.79 Å². The average molecular weight is 390 g/mol. The van der Waals surface area contributed by atoms with Crippen LogP contribution in [0, 0.1) is 11.7 Å². The van der Waals surface area contributed by atoms with Crippen molar-refractivity contribution in [3.05, 3.63) is 71.1 Å². The monoisotopic (exact) mass is 389 g/mol. The Labute approximate surface area is 160 Å². The van der Waals surface area contributed by atoms with Gasteiger partial charge in [0, 0.05) is 16.3 Å². The van der Waals surface area contributed by atoms with E-state index in [-0.39, 0.29) is 16.3 Å². The second-order valence-corrected chi connectivity index (χ2v) is 6.31. The van der Waals surface area contributed by atoms with E-state index >= 15 is 0 Å². The van der Waals surface area contributed by atoms with E-state index in [4.69, 9.17) is 16.3 Å². The number of urea groups is 1. The van der Waals surface area contributed by atoms with Crippen molar-refractivity contribution in [2.75, 3.05) is 12.4 Å². The van der Waals surface area contributed by atoms with E-state index in [1.807, 2.05) is 0 Å². The van der Waals surface area contributed by atoms with Crippen LogP contribution in [0.15, 0.2) is 54.7 Å². The Morgan fingerprint density at radius 2 is 2.00 bits per heavy atom. The third-order valence-electron chi connectivity index (χ3n) is 4.23. The predicted octanol–water partition coefficient (Wildman–Crippen LogP) is 3.61. The van der Waals surface area contributed by atoms with E-state index in [1.54, 1.807) is 24.3 Å². The van der Waals surface area contributed by atoms with Crippen LogP contribution in [0.3, 0.4) is 0 Å². The summed E-state index contributed by atoms with van der Waals surface area (Å²) in [5.41, 5.74) is 0.596. The van der Waals surface area contributed by atoms with Gasteiger partial charge in [0.15, 0.2) is 0 Å². The Hall–Kier alpha value is -3.06. The number of halogens is 2. The van der Waals surface area contributed by atoms with Crippen LogP contribution in [-0.4, -0.2) is 19.0 Å². The molecule has 8 heteroatoms. The van der Waals surface area contributed by atoms with Gasteiger partial charge in [0.2, 0.25) is 5.91 Å². The topological polar surface area (TPSA) is 79.5 Å². The molecular weight excluding hydrogens is 373 g/mol. The smallest absolute Gasteiger partial charge is 0.319 e. The van der Waals surface area contributed by atoms with Gasteiger partial charge < -0.3 is 20.7 Å². The molecule has 0 spiro atoms. The van der Waals surface area contributed by atoms with Crippen molar-refractivity contribution in [1.29, 1.82) is 0 Å². The van der Waals surface area contributed by atoms with E-state index in [1.165, 1.54) is 25.3 Å². The molecule has 140 valence electrons. The molecule has 0 saturated carbocycles. The zero-order valence-corrected chi connectivity index (χ0v) is 15.1. The quantitative estimate of drug-likeness (QED) is 0.747. The first kappa shape index (κ1) is 18.7. The van der Waals surface area contributed by atoms with Crippen LogP contribution in [0.1, 0.15) is 11.6 Å². The molecule has 1 heterocycles. The summed E-state index contributed by atoms with van der Waals surface area (Å²) < 4.78 is 19.7. The van der Waals surface area contributed by atoms with E-state index in [0.29, 0.717) is 11.4 Å². The minimum atomic E-state index is -1.02. The first-order valence-corrected chi connectivity index (χ1v) is 8.44. The lowest BCUT2D eigenvalue weighted by Gasteiger charge is -2.34. The maximum absolute atomic E-state index is 14.4. The van der Waals surface area contributed by atoms with E-state index in [9.17, 15) is 14.0 Å². The number of benzene rings is 2. The number of rotatable bonds is 4. The summed E-state index contributed by atoms with van der Waals surface area (Å²) in [5, 5.41) is 7.86. The molecule has 3 amide bonds. The fourth-order valence-electron chi connectivity index (χ4n) is 3.00. The van der Waals surface area contributed by atoms with Crippen LogP contribution >= 0.6 is 11.6 Å². The van der Waals surface area contributed by atoms with E-state index < -0.39 is 29.7 Å². The molecule has 1 aliphatic heterocycles. The summed E-state index contributed by atoms with van der Waals surface area (Å²) >= 11 is 6.14. The Kier molecular flexibility index (Phi) is 5.32. The Balaban J connectivity index is 1.98. The number of hydrogen-bond acceptors (Lipinski definition) is 3. The summed E-state index contributed by atoms with van der Waals surface area (Å²) in [5.74, 6) is -1.66. The van der Waals surface area contributed by atoms with Crippen LogP contribution in [0.4, 0.5) is 14.9 Å². The van der Waals surface area contributed by atoms with Gasteiger partial charge in [-0.1, -0.05) is 36.4 Å². The molecule has 0 unspecified atom stereocenters. The molecule has 3 rings (SSSR count). The Morgan fingerprint density at radius 3 is 2.70 bits per heavy atom. The fraction of sp³-hybridized carbons (Fsp3) is 0.158. The molecule has 6 nitrogen and oxygen atoms in total. The highest BCUT2D eigenvalue weighted by atomic mass is 35.5. The van der Waals surface area contributed by atoms with Crippen molar-refractivity contribution in [1.82, 2.24) is 10.6 Å². The number of ether oxygens (including phenoxy) is 1. The third kappa shape index (κ3) is 3.73. The first-order chi connectivity index (χ1) is 12.9. The van der Waals surface area contributed by atoms with Crippen LogP contribution in [0.5, 0.6) is 5.75 Å². The van der Waals surface area contributed by atoms with Gasteiger partial charge in [0.1, 0.15) is 17.5 Å². The highest BCUT2D eigenvalue weighted by molar-refractivity contribution is 6.31. The van der Waals surface area contributed by atoms with Gasteiger partial charge in [-0.2, -0.15) is 0 Å². The van der Waals surface area contributed by atoms with Gasteiger partial charge in [-0.25, -0.2) is 9.18 Å². The van der Waals surface area contributed by atoms with Gasteiger partial charge in [0.25, 0.3) is 0 Å². The molecule has 1 saturated heterocycles. The molecule has 2 aromatic carbocycles. The van der Waals surface area contributed by atoms with Crippen molar-refractivity contribution in [2.45, 2.75) is 6.04 Å². The molecule has 2 aromatic rings. The normalized spacial score (nSPS) is 19.1. The van der Waals surface area contributed by atoms with E-state index in [2.05, 4.69) is 22.5 Å². The minimum Gasteiger partial charge on any atom is -0.495 e. The van der Waals surface area contributed by atoms with Crippen molar-refractivity contribution in [3.63, 3.8) is 0 Å². The summed E-state index contributed by atoms with van der Waals surface area (Å²) in [6, 6.07) is 9.40. The number of carbonyl (C=O) groups is 2. The van der Waals surface area contributed by atoms with Crippen molar-refractivity contribution < 1.29 is 18.7 Å². The largest absolute Gasteiger partial charge is 0.495 e.